The van der Waals surface area contributed by atoms with Gasteiger partial charge < -0.3 is 9.73 Å². The molecule has 4 rings (SSSR count). The third-order valence-electron chi connectivity index (χ3n) is 5.36. The van der Waals surface area contributed by atoms with E-state index < -0.39 is 27.5 Å². The molecule has 2 N–H and O–H groups in total. The first-order valence-corrected chi connectivity index (χ1v) is 12.3. The van der Waals surface area contributed by atoms with Gasteiger partial charge in [0.05, 0.1) is 11.0 Å². The van der Waals surface area contributed by atoms with Crippen LogP contribution < -0.4 is 10.0 Å². The predicted molar refractivity (Wildman–Crippen MR) is 121 cm³/mol. The summed E-state index contributed by atoms with van der Waals surface area (Å²) in [7, 11) is -3.99. The Kier molecular flexibility index (Phi) is 5.58. The molecule has 9 heteroatoms. The van der Waals surface area contributed by atoms with Crippen molar-refractivity contribution in [1.29, 1.82) is 5.26 Å². The first-order valence-electron chi connectivity index (χ1n) is 10.00. The number of halogens is 1. The van der Waals surface area contributed by atoms with E-state index in [2.05, 4.69) is 32.0 Å². The molecule has 1 aliphatic rings. The van der Waals surface area contributed by atoms with Crippen LogP contribution in [0.25, 0.3) is 21.9 Å². The summed E-state index contributed by atoms with van der Waals surface area (Å²) < 4.78 is 35.4. The van der Waals surface area contributed by atoms with Crippen LogP contribution in [-0.2, 0) is 14.8 Å². The van der Waals surface area contributed by atoms with Crippen molar-refractivity contribution >= 4 is 53.8 Å². The number of fused-ring (bicyclic) bond motifs is 3. The molecule has 162 valence electrons. The zero-order valence-corrected chi connectivity index (χ0v) is 19.5. The summed E-state index contributed by atoms with van der Waals surface area (Å²) in [6.07, 6.45) is 1.47. The third kappa shape index (κ3) is 4.47. The van der Waals surface area contributed by atoms with Crippen molar-refractivity contribution in [3.63, 3.8) is 0 Å². The van der Waals surface area contributed by atoms with E-state index in [1.165, 1.54) is 12.1 Å². The molecule has 0 spiro atoms. The Morgan fingerprint density at radius 1 is 1.19 bits per heavy atom. The van der Waals surface area contributed by atoms with E-state index in [-0.39, 0.29) is 10.8 Å². The van der Waals surface area contributed by atoms with Crippen molar-refractivity contribution in [2.45, 2.75) is 49.6 Å². The van der Waals surface area contributed by atoms with E-state index in [1.54, 1.807) is 6.07 Å². The molecule has 1 aliphatic carbocycles. The van der Waals surface area contributed by atoms with Gasteiger partial charge in [0, 0.05) is 21.3 Å². The molecule has 1 saturated carbocycles. The van der Waals surface area contributed by atoms with Crippen molar-refractivity contribution in [2.24, 2.45) is 5.92 Å². The Bertz CT molecular complexity index is 1320. The van der Waals surface area contributed by atoms with E-state index >= 15 is 0 Å². The number of nitriles is 1. The summed E-state index contributed by atoms with van der Waals surface area (Å²) in [6.45, 7) is 3.81. The van der Waals surface area contributed by atoms with E-state index in [9.17, 15) is 18.5 Å². The van der Waals surface area contributed by atoms with Gasteiger partial charge in [-0.25, -0.2) is 8.42 Å². The minimum atomic E-state index is -3.99. The second kappa shape index (κ2) is 7.93. The standard InChI is InChI=1S/C22H22BrN3O4S/c1-13(2)9-18(21(27)25-22(12-24)7-8-22)26-31(28,29)15-4-5-16-17-10-14(23)3-6-19(17)30-20(16)11-15/h3-6,10-11,13,18,26H,7-9H2,1-2H3,(H,25,27)/t18-/m0/s1. The van der Waals surface area contributed by atoms with E-state index in [0.29, 0.717) is 30.4 Å². The van der Waals surface area contributed by atoms with Gasteiger partial charge >= 0.3 is 0 Å². The van der Waals surface area contributed by atoms with Gasteiger partial charge in [0.25, 0.3) is 0 Å². The second-order valence-electron chi connectivity index (χ2n) is 8.39. The van der Waals surface area contributed by atoms with Crippen molar-refractivity contribution < 1.29 is 17.6 Å². The molecular weight excluding hydrogens is 482 g/mol. The lowest BCUT2D eigenvalue weighted by Gasteiger charge is -2.21. The molecule has 7 nitrogen and oxygen atoms in total. The van der Waals surface area contributed by atoms with Gasteiger partial charge in [-0.15, -0.1) is 0 Å². The summed E-state index contributed by atoms with van der Waals surface area (Å²) in [4.78, 5) is 12.8. The monoisotopic (exact) mass is 503 g/mol. The molecule has 1 atom stereocenters. The highest BCUT2D eigenvalue weighted by molar-refractivity contribution is 9.10. The molecule has 1 fully saturated rings. The molecule has 0 saturated heterocycles. The number of benzene rings is 2. The maximum absolute atomic E-state index is 13.1. The fourth-order valence-electron chi connectivity index (χ4n) is 3.55. The number of carbonyl (C=O) groups is 1. The molecule has 0 aliphatic heterocycles. The summed E-state index contributed by atoms with van der Waals surface area (Å²) in [6, 6.07) is 11.4. The Labute approximate surface area is 189 Å². The molecule has 1 amide bonds. The van der Waals surface area contributed by atoms with Crippen LogP contribution in [0.1, 0.15) is 33.1 Å². The van der Waals surface area contributed by atoms with Crippen LogP contribution in [0.3, 0.4) is 0 Å². The van der Waals surface area contributed by atoms with Gasteiger partial charge in [0.15, 0.2) is 0 Å². The average Bonchev–Trinajstić information content (AvgIpc) is 3.39. The highest BCUT2D eigenvalue weighted by Gasteiger charge is 2.46. The third-order valence-corrected chi connectivity index (χ3v) is 7.33. The topological polar surface area (TPSA) is 112 Å². The predicted octanol–water partition coefficient (Wildman–Crippen LogP) is 4.21. The number of amides is 1. The maximum atomic E-state index is 13.1. The summed E-state index contributed by atoms with van der Waals surface area (Å²) in [5.74, 6) is -0.405. The van der Waals surface area contributed by atoms with Crippen molar-refractivity contribution in [3.05, 3.63) is 40.9 Å². The first-order chi connectivity index (χ1) is 14.6. The zero-order chi connectivity index (χ0) is 22.4. The smallest absolute Gasteiger partial charge is 0.241 e. The summed E-state index contributed by atoms with van der Waals surface area (Å²) >= 11 is 3.43. The number of rotatable bonds is 7. The van der Waals surface area contributed by atoms with E-state index in [4.69, 9.17) is 4.42 Å². The number of nitrogens with one attached hydrogen (secondary N) is 2. The molecule has 0 bridgehead atoms. The van der Waals surface area contributed by atoms with Gasteiger partial charge in [-0.2, -0.15) is 9.98 Å². The lowest BCUT2D eigenvalue weighted by Crippen LogP contribution is -2.50. The molecule has 2 aromatic carbocycles. The largest absolute Gasteiger partial charge is 0.456 e. The lowest BCUT2D eigenvalue weighted by molar-refractivity contribution is -0.123. The second-order valence-corrected chi connectivity index (χ2v) is 11.0. The van der Waals surface area contributed by atoms with E-state index in [0.717, 1.165) is 15.2 Å². The minimum Gasteiger partial charge on any atom is -0.456 e. The van der Waals surface area contributed by atoms with Crippen molar-refractivity contribution in [2.75, 3.05) is 0 Å². The Balaban J connectivity index is 1.63. The summed E-state index contributed by atoms with van der Waals surface area (Å²) in [5.41, 5.74) is 0.241. The quantitative estimate of drug-likeness (QED) is 0.501. The Morgan fingerprint density at radius 3 is 2.58 bits per heavy atom. The van der Waals surface area contributed by atoms with Crippen LogP contribution in [0.5, 0.6) is 0 Å². The highest BCUT2D eigenvalue weighted by Crippen LogP contribution is 2.35. The molecule has 1 heterocycles. The zero-order valence-electron chi connectivity index (χ0n) is 17.1. The van der Waals surface area contributed by atoms with Crippen LogP contribution in [0, 0.1) is 17.2 Å². The molecular formula is C22H22BrN3O4S. The fraction of sp³-hybridized carbons (Fsp3) is 0.364. The average molecular weight is 504 g/mol. The van der Waals surface area contributed by atoms with Crippen LogP contribution in [0.4, 0.5) is 0 Å². The van der Waals surface area contributed by atoms with Gasteiger partial charge in [-0.1, -0.05) is 29.8 Å². The Hall–Kier alpha value is -2.41. The van der Waals surface area contributed by atoms with Crippen LogP contribution in [-0.4, -0.2) is 25.9 Å². The van der Waals surface area contributed by atoms with Gasteiger partial charge in [0.1, 0.15) is 22.7 Å². The Morgan fingerprint density at radius 2 is 1.94 bits per heavy atom. The number of nitrogens with zero attached hydrogens (tertiary/aromatic N) is 1. The molecule has 0 unspecified atom stereocenters. The number of carbonyl (C=O) groups excluding carboxylic acids is 1. The lowest BCUT2D eigenvalue weighted by atomic mass is 10.0. The first kappa shape index (κ1) is 21.8. The molecule has 3 aromatic rings. The maximum Gasteiger partial charge on any atom is 0.241 e. The molecule has 0 radical (unpaired) electrons. The highest BCUT2D eigenvalue weighted by atomic mass is 79.9. The SMILES string of the molecule is CC(C)C[C@H](NS(=O)(=O)c1ccc2c(c1)oc1ccc(Br)cc12)C(=O)NC1(C#N)CC1. The fourth-order valence-corrected chi connectivity index (χ4v) is 5.13. The van der Waals surface area contributed by atoms with Gasteiger partial charge in [-0.05, 0) is 55.5 Å². The van der Waals surface area contributed by atoms with Crippen LogP contribution in [0.2, 0.25) is 0 Å². The minimum absolute atomic E-state index is 0.0149. The summed E-state index contributed by atoms with van der Waals surface area (Å²) in [5, 5.41) is 13.6. The van der Waals surface area contributed by atoms with Gasteiger partial charge in [0.2, 0.25) is 15.9 Å². The molecule has 31 heavy (non-hydrogen) atoms. The number of sulfonamides is 1. The van der Waals surface area contributed by atoms with Crippen LogP contribution >= 0.6 is 15.9 Å². The number of hydrogen-bond acceptors (Lipinski definition) is 5. The van der Waals surface area contributed by atoms with Crippen molar-refractivity contribution in [3.8, 4) is 6.07 Å². The molecule has 1 aromatic heterocycles. The van der Waals surface area contributed by atoms with Crippen LogP contribution in [0.15, 0.2) is 50.2 Å². The number of hydrogen-bond donors (Lipinski definition) is 2. The number of furan rings is 1. The van der Waals surface area contributed by atoms with Crippen molar-refractivity contribution in [1.82, 2.24) is 10.0 Å². The van der Waals surface area contributed by atoms with E-state index in [1.807, 2.05) is 32.0 Å². The van der Waals surface area contributed by atoms with Gasteiger partial charge in [-0.3, -0.25) is 4.79 Å². The normalized spacial score (nSPS) is 16.4.